The van der Waals surface area contributed by atoms with Crippen molar-refractivity contribution in [3.05, 3.63) is 53.7 Å². The molecule has 1 saturated heterocycles. The van der Waals surface area contributed by atoms with Crippen LogP contribution in [0, 0.1) is 29.4 Å². The molecular weight excluding hydrogens is 324 g/mol. The summed E-state index contributed by atoms with van der Waals surface area (Å²) in [5, 5.41) is 0. The van der Waals surface area contributed by atoms with Crippen molar-refractivity contribution in [1.82, 2.24) is 4.98 Å². The second-order valence-electron chi connectivity index (χ2n) is 5.98. The minimum absolute atomic E-state index is 0.445. The van der Waals surface area contributed by atoms with Gasteiger partial charge < -0.3 is 9.47 Å². The molecule has 0 unspecified atom stereocenters. The minimum Gasteiger partial charge on any atom is -0.342 e. The molecule has 3 nitrogen and oxygen atoms in total. The predicted molar refractivity (Wildman–Crippen MR) is 90.6 cm³/mol. The van der Waals surface area contributed by atoms with E-state index in [1.165, 1.54) is 6.07 Å². The van der Waals surface area contributed by atoms with Crippen LogP contribution in [0.25, 0.3) is 11.3 Å². The average Bonchev–Trinajstić information content (AvgIpc) is 2.64. The number of aromatic nitrogens is 1. The molecule has 0 amide bonds. The maximum absolute atomic E-state index is 13.3. The van der Waals surface area contributed by atoms with Crippen LogP contribution in [0.5, 0.6) is 0 Å². The summed E-state index contributed by atoms with van der Waals surface area (Å²) in [4.78, 5) is 4.25. The summed E-state index contributed by atoms with van der Waals surface area (Å²) in [7, 11) is 0. The highest BCUT2D eigenvalue weighted by Crippen LogP contribution is 2.20. The van der Waals surface area contributed by atoms with Crippen molar-refractivity contribution in [2.45, 2.75) is 26.1 Å². The van der Waals surface area contributed by atoms with E-state index < -0.39 is 17.9 Å². The van der Waals surface area contributed by atoms with Crippen LogP contribution in [0.2, 0.25) is 0 Å². The number of hydrogen-bond donors (Lipinski definition) is 0. The SMILES string of the molecule is CCC[C@H]1CO[C@H](C#Cc2ccc(-c3ccc(F)c(F)c3)nc2)OC1. The highest BCUT2D eigenvalue weighted by molar-refractivity contribution is 5.59. The summed E-state index contributed by atoms with van der Waals surface area (Å²) in [6.07, 6.45) is 3.28. The zero-order valence-electron chi connectivity index (χ0n) is 14.0. The minimum atomic E-state index is -0.892. The van der Waals surface area contributed by atoms with E-state index in [9.17, 15) is 8.78 Å². The average molecular weight is 343 g/mol. The fraction of sp³-hybridized carbons (Fsp3) is 0.350. The van der Waals surface area contributed by atoms with E-state index in [1.807, 2.05) is 0 Å². The molecule has 0 atom stereocenters. The molecule has 0 bridgehead atoms. The second kappa shape index (κ2) is 8.19. The number of pyridine rings is 1. The van der Waals surface area contributed by atoms with Crippen molar-refractivity contribution in [2.24, 2.45) is 5.92 Å². The highest BCUT2D eigenvalue weighted by atomic mass is 19.2. The molecule has 2 heterocycles. The fourth-order valence-corrected chi connectivity index (χ4v) is 2.64. The molecule has 1 aromatic heterocycles. The van der Waals surface area contributed by atoms with Gasteiger partial charge >= 0.3 is 0 Å². The van der Waals surface area contributed by atoms with Crippen molar-refractivity contribution >= 4 is 0 Å². The lowest BCUT2D eigenvalue weighted by Gasteiger charge is -2.26. The standard InChI is InChI=1S/C20H19F2NO2/c1-2-3-15-12-24-20(25-13-15)9-5-14-4-8-19(23-11-14)16-6-7-17(21)18(22)10-16/h4,6-8,10-11,15,20H,2-3,12-13H2,1H3/t15-,20-. The molecule has 0 radical (unpaired) electrons. The van der Waals surface area contributed by atoms with Crippen LogP contribution in [0.1, 0.15) is 25.3 Å². The molecule has 25 heavy (non-hydrogen) atoms. The molecule has 5 heteroatoms. The molecule has 1 aliphatic rings. The molecule has 1 aromatic carbocycles. The topological polar surface area (TPSA) is 31.4 Å². The van der Waals surface area contributed by atoms with Crippen LogP contribution >= 0.6 is 0 Å². The Bertz CT molecular complexity index is 773. The van der Waals surface area contributed by atoms with Crippen molar-refractivity contribution in [3.63, 3.8) is 0 Å². The third-order valence-electron chi connectivity index (χ3n) is 3.98. The first-order chi connectivity index (χ1) is 12.2. The molecule has 3 rings (SSSR count). The van der Waals surface area contributed by atoms with E-state index in [1.54, 1.807) is 18.3 Å². The van der Waals surface area contributed by atoms with Crippen molar-refractivity contribution in [3.8, 4) is 23.1 Å². The van der Waals surface area contributed by atoms with E-state index in [0.29, 0.717) is 36.0 Å². The van der Waals surface area contributed by atoms with Crippen molar-refractivity contribution in [2.75, 3.05) is 13.2 Å². The molecule has 0 spiro atoms. The van der Waals surface area contributed by atoms with Crippen LogP contribution in [-0.2, 0) is 9.47 Å². The van der Waals surface area contributed by atoms with Gasteiger partial charge in [-0.1, -0.05) is 19.3 Å². The smallest absolute Gasteiger partial charge is 0.222 e. The fourth-order valence-electron chi connectivity index (χ4n) is 2.64. The number of ether oxygens (including phenoxy) is 2. The largest absolute Gasteiger partial charge is 0.342 e. The number of halogens is 2. The number of benzene rings is 1. The van der Waals surface area contributed by atoms with Gasteiger partial charge in [0.2, 0.25) is 6.29 Å². The normalized spacial score (nSPS) is 20.0. The van der Waals surface area contributed by atoms with Gasteiger partial charge in [-0.2, -0.15) is 0 Å². The number of nitrogens with zero attached hydrogens (tertiary/aromatic N) is 1. The van der Waals surface area contributed by atoms with Gasteiger partial charge in [-0.3, -0.25) is 4.98 Å². The van der Waals surface area contributed by atoms with Gasteiger partial charge in [-0.15, -0.1) is 0 Å². The van der Waals surface area contributed by atoms with Gasteiger partial charge in [0.1, 0.15) is 0 Å². The molecule has 1 fully saturated rings. The van der Waals surface area contributed by atoms with Crippen LogP contribution in [0.4, 0.5) is 8.78 Å². The van der Waals surface area contributed by atoms with Gasteiger partial charge in [-0.05, 0) is 42.7 Å². The van der Waals surface area contributed by atoms with E-state index in [-0.39, 0.29) is 0 Å². The van der Waals surface area contributed by atoms with E-state index in [0.717, 1.165) is 25.0 Å². The Morgan fingerprint density at radius 1 is 1.12 bits per heavy atom. The molecular formula is C20H19F2NO2. The molecule has 0 aliphatic carbocycles. The zero-order valence-corrected chi connectivity index (χ0v) is 14.0. The molecule has 2 aromatic rings. The Morgan fingerprint density at radius 3 is 2.56 bits per heavy atom. The Kier molecular flexibility index (Phi) is 5.75. The summed E-state index contributed by atoms with van der Waals surface area (Å²) in [6.45, 7) is 3.48. The van der Waals surface area contributed by atoms with Crippen molar-refractivity contribution in [1.29, 1.82) is 0 Å². The highest BCUT2D eigenvalue weighted by Gasteiger charge is 2.19. The van der Waals surface area contributed by atoms with Gasteiger partial charge in [-0.25, -0.2) is 8.78 Å². The molecule has 130 valence electrons. The number of rotatable bonds is 3. The summed E-state index contributed by atoms with van der Waals surface area (Å²) in [5.41, 5.74) is 1.77. The Balaban J connectivity index is 1.63. The zero-order chi connectivity index (χ0) is 17.6. The first kappa shape index (κ1) is 17.5. The Labute approximate surface area is 146 Å². The molecule has 0 N–H and O–H groups in total. The van der Waals surface area contributed by atoms with E-state index in [4.69, 9.17) is 9.47 Å². The van der Waals surface area contributed by atoms with Gasteiger partial charge in [0.15, 0.2) is 11.6 Å². The van der Waals surface area contributed by atoms with Gasteiger partial charge in [0.05, 0.1) is 18.9 Å². The van der Waals surface area contributed by atoms with Crippen molar-refractivity contribution < 1.29 is 18.3 Å². The first-order valence-electron chi connectivity index (χ1n) is 8.32. The number of hydrogen-bond acceptors (Lipinski definition) is 3. The lowest BCUT2D eigenvalue weighted by molar-refractivity contribution is -0.170. The van der Waals surface area contributed by atoms with Crippen LogP contribution in [0.3, 0.4) is 0 Å². The first-order valence-corrected chi connectivity index (χ1v) is 8.32. The predicted octanol–water partition coefficient (Wildman–Crippen LogP) is 4.17. The van der Waals surface area contributed by atoms with Crippen LogP contribution in [0.15, 0.2) is 36.5 Å². The quantitative estimate of drug-likeness (QED) is 0.784. The molecule has 1 aliphatic heterocycles. The van der Waals surface area contributed by atoms with Gasteiger partial charge in [0.25, 0.3) is 0 Å². The summed E-state index contributed by atoms with van der Waals surface area (Å²) in [5.74, 6) is 4.57. The van der Waals surface area contributed by atoms with Gasteiger partial charge in [0, 0.05) is 23.2 Å². The van der Waals surface area contributed by atoms with Crippen LogP contribution < -0.4 is 0 Å². The third kappa shape index (κ3) is 4.62. The third-order valence-corrected chi connectivity index (χ3v) is 3.98. The Morgan fingerprint density at radius 2 is 1.92 bits per heavy atom. The van der Waals surface area contributed by atoms with Crippen LogP contribution in [-0.4, -0.2) is 24.5 Å². The second-order valence-corrected chi connectivity index (χ2v) is 5.98. The Hall–Kier alpha value is -2.29. The molecule has 0 saturated carbocycles. The maximum Gasteiger partial charge on any atom is 0.222 e. The van der Waals surface area contributed by atoms with E-state index in [2.05, 4.69) is 23.7 Å². The maximum atomic E-state index is 13.3. The lowest BCUT2D eigenvalue weighted by atomic mass is 10.1. The van der Waals surface area contributed by atoms with E-state index >= 15 is 0 Å². The summed E-state index contributed by atoms with van der Waals surface area (Å²) in [6, 6.07) is 7.20. The summed E-state index contributed by atoms with van der Waals surface area (Å²) >= 11 is 0. The monoisotopic (exact) mass is 343 g/mol. The lowest BCUT2D eigenvalue weighted by Crippen LogP contribution is -2.31. The summed E-state index contributed by atoms with van der Waals surface area (Å²) < 4.78 is 37.5.